The second-order valence-electron chi connectivity index (χ2n) is 1.34. The van der Waals surface area contributed by atoms with E-state index in [-0.39, 0.29) is 0 Å². The largest absolute Gasteiger partial charge is 0.367 e. The summed E-state index contributed by atoms with van der Waals surface area (Å²) in [7, 11) is 0. The third-order valence-corrected chi connectivity index (χ3v) is 0.775. The van der Waals surface area contributed by atoms with Crippen LogP contribution in [0.1, 0.15) is 0 Å². The highest BCUT2D eigenvalue weighted by molar-refractivity contribution is 4.99. The maximum absolute atomic E-state index is 8.58. The van der Waals surface area contributed by atoms with Crippen LogP contribution in [0.5, 0.6) is 0 Å². The van der Waals surface area contributed by atoms with Crippen LogP contribution in [0.25, 0.3) is 0 Å². The molecular formula is C5H7O2. The van der Waals surface area contributed by atoms with E-state index in [0.717, 1.165) is 0 Å². The van der Waals surface area contributed by atoms with E-state index in [1.54, 1.807) is 12.5 Å². The summed E-state index contributed by atoms with van der Waals surface area (Å²) in [4.78, 5) is 0. The molecule has 7 heavy (non-hydrogen) atoms. The van der Waals surface area contributed by atoms with Crippen molar-refractivity contribution in [3.05, 3.63) is 18.6 Å². The molecule has 1 unspecified atom stereocenters. The molecule has 0 spiro atoms. The first-order valence-electron chi connectivity index (χ1n) is 2.19. The molecule has 2 nitrogen and oxygen atoms in total. The van der Waals surface area contributed by atoms with Crippen molar-refractivity contribution < 1.29 is 9.84 Å². The topological polar surface area (TPSA) is 29.5 Å². The first kappa shape index (κ1) is 4.81. The van der Waals surface area contributed by atoms with E-state index in [9.17, 15) is 0 Å². The Labute approximate surface area is 42.4 Å². The van der Waals surface area contributed by atoms with Gasteiger partial charge in [-0.15, -0.1) is 0 Å². The van der Waals surface area contributed by atoms with Crippen molar-refractivity contribution in [2.24, 2.45) is 0 Å². The summed E-state index contributed by atoms with van der Waals surface area (Å²) in [6, 6.07) is 0. The van der Waals surface area contributed by atoms with Crippen LogP contribution in [-0.2, 0) is 4.74 Å². The zero-order valence-corrected chi connectivity index (χ0v) is 3.87. The van der Waals surface area contributed by atoms with Crippen molar-refractivity contribution in [2.75, 3.05) is 6.61 Å². The number of aliphatic hydroxyl groups excluding tert-OH is 1. The van der Waals surface area contributed by atoms with Gasteiger partial charge in [-0.1, -0.05) is 12.2 Å². The Bertz CT molecular complexity index is 78.1. The minimum Gasteiger partial charge on any atom is -0.367 e. The third kappa shape index (κ3) is 1.29. The summed E-state index contributed by atoms with van der Waals surface area (Å²) in [5.41, 5.74) is 0. The van der Waals surface area contributed by atoms with Crippen LogP contribution < -0.4 is 0 Å². The highest BCUT2D eigenvalue weighted by atomic mass is 16.6. The molecule has 1 radical (unpaired) electrons. The molecular weight excluding hydrogens is 92.1 g/mol. The lowest BCUT2D eigenvalue weighted by Crippen LogP contribution is -2.14. The van der Waals surface area contributed by atoms with Gasteiger partial charge in [-0.3, -0.25) is 0 Å². The average molecular weight is 99.1 g/mol. The summed E-state index contributed by atoms with van der Waals surface area (Å²) in [5, 5.41) is 8.58. The lowest BCUT2D eigenvalue weighted by molar-refractivity contribution is -0.0655. The van der Waals surface area contributed by atoms with Gasteiger partial charge in [-0.05, 0) is 0 Å². The standard InChI is InChI=1S/C5H7O2/c6-5-3-1-2-4-7-5/h1-3,5-6H,4H2. The fourth-order valence-corrected chi connectivity index (χ4v) is 0.439. The molecule has 1 atom stereocenters. The Morgan fingerprint density at radius 3 is 2.86 bits per heavy atom. The van der Waals surface area contributed by atoms with E-state index in [4.69, 9.17) is 9.84 Å². The first-order chi connectivity index (χ1) is 3.39. The van der Waals surface area contributed by atoms with Crippen molar-refractivity contribution in [1.29, 1.82) is 0 Å². The highest BCUT2D eigenvalue weighted by Crippen LogP contribution is 1.99. The lowest BCUT2D eigenvalue weighted by atomic mass is 10.3. The molecule has 0 aromatic rings. The normalized spacial score (nSPS) is 30.7. The predicted octanol–water partition coefficient (Wildman–Crippen LogP) is 0.0955. The molecule has 1 heterocycles. The summed E-state index contributed by atoms with van der Waals surface area (Å²) >= 11 is 0. The first-order valence-corrected chi connectivity index (χ1v) is 2.19. The molecule has 0 aromatic carbocycles. The van der Waals surface area contributed by atoms with Gasteiger partial charge in [0.25, 0.3) is 0 Å². The van der Waals surface area contributed by atoms with E-state index < -0.39 is 6.29 Å². The Morgan fingerprint density at radius 1 is 1.71 bits per heavy atom. The Balaban J connectivity index is 2.32. The van der Waals surface area contributed by atoms with Crippen molar-refractivity contribution >= 4 is 0 Å². The fraction of sp³-hybridized carbons (Fsp3) is 0.400. The van der Waals surface area contributed by atoms with E-state index in [2.05, 4.69) is 0 Å². The number of hydrogen-bond acceptors (Lipinski definition) is 2. The van der Waals surface area contributed by atoms with Crippen LogP contribution in [0.2, 0.25) is 0 Å². The smallest absolute Gasteiger partial charge is 0.161 e. The zero-order valence-electron chi connectivity index (χ0n) is 3.87. The monoisotopic (exact) mass is 99.0 g/mol. The van der Waals surface area contributed by atoms with E-state index in [1.165, 1.54) is 0 Å². The number of ether oxygens (including phenoxy) is 1. The zero-order chi connectivity index (χ0) is 5.11. The summed E-state index contributed by atoms with van der Waals surface area (Å²) in [6.07, 6.45) is 4.54. The molecule has 1 N–H and O–H groups in total. The van der Waals surface area contributed by atoms with E-state index in [1.807, 2.05) is 6.08 Å². The number of rotatable bonds is 0. The quantitative estimate of drug-likeness (QED) is 0.466. The van der Waals surface area contributed by atoms with Gasteiger partial charge in [-0.2, -0.15) is 0 Å². The van der Waals surface area contributed by atoms with Gasteiger partial charge in [0.1, 0.15) is 0 Å². The summed E-state index contributed by atoms with van der Waals surface area (Å²) in [6.45, 7) is 0.525. The SMILES string of the molecule is OC1[CH]C=CCO1. The molecule has 0 saturated heterocycles. The Kier molecular flexibility index (Phi) is 1.44. The van der Waals surface area contributed by atoms with Crippen molar-refractivity contribution in [3.63, 3.8) is 0 Å². The average Bonchev–Trinajstić information content (AvgIpc) is 1.69. The van der Waals surface area contributed by atoms with Crippen LogP contribution in [0.4, 0.5) is 0 Å². The summed E-state index contributed by atoms with van der Waals surface area (Å²) < 4.78 is 4.69. The van der Waals surface area contributed by atoms with Gasteiger partial charge >= 0.3 is 0 Å². The van der Waals surface area contributed by atoms with Crippen LogP contribution in [0.3, 0.4) is 0 Å². The van der Waals surface area contributed by atoms with Gasteiger partial charge in [0.15, 0.2) is 6.29 Å². The second-order valence-corrected chi connectivity index (χ2v) is 1.34. The lowest BCUT2D eigenvalue weighted by Gasteiger charge is -2.10. The molecule has 1 aliphatic rings. The summed E-state index contributed by atoms with van der Waals surface area (Å²) in [5.74, 6) is 0. The third-order valence-electron chi connectivity index (χ3n) is 0.775. The minimum atomic E-state index is -0.676. The van der Waals surface area contributed by atoms with Crippen molar-refractivity contribution in [3.8, 4) is 0 Å². The Morgan fingerprint density at radius 2 is 2.57 bits per heavy atom. The van der Waals surface area contributed by atoms with Crippen molar-refractivity contribution in [2.45, 2.75) is 6.29 Å². The van der Waals surface area contributed by atoms with Crippen LogP contribution in [0, 0.1) is 6.42 Å². The molecule has 0 bridgehead atoms. The van der Waals surface area contributed by atoms with Crippen LogP contribution >= 0.6 is 0 Å². The number of hydrogen-bond donors (Lipinski definition) is 1. The Hall–Kier alpha value is -0.340. The fourth-order valence-electron chi connectivity index (χ4n) is 0.439. The molecule has 0 fully saturated rings. The second kappa shape index (κ2) is 2.09. The molecule has 1 rings (SSSR count). The molecule has 0 aliphatic carbocycles. The van der Waals surface area contributed by atoms with Crippen LogP contribution in [0.15, 0.2) is 12.2 Å². The van der Waals surface area contributed by atoms with Gasteiger partial charge in [-0.25, -0.2) is 0 Å². The van der Waals surface area contributed by atoms with E-state index >= 15 is 0 Å². The minimum absolute atomic E-state index is 0.525. The van der Waals surface area contributed by atoms with Gasteiger partial charge in [0.05, 0.1) is 6.61 Å². The van der Waals surface area contributed by atoms with Gasteiger partial charge in [0.2, 0.25) is 0 Å². The van der Waals surface area contributed by atoms with Crippen molar-refractivity contribution in [1.82, 2.24) is 0 Å². The van der Waals surface area contributed by atoms with E-state index in [0.29, 0.717) is 6.61 Å². The molecule has 39 valence electrons. The highest BCUT2D eigenvalue weighted by Gasteiger charge is 2.02. The van der Waals surface area contributed by atoms with Crippen LogP contribution in [-0.4, -0.2) is 18.0 Å². The number of aliphatic hydroxyl groups is 1. The molecule has 0 saturated carbocycles. The van der Waals surface area contributed by atoms with Gasteiger partial charge < -0.3 is 9.84 Å². The maximum Gasteiger partial charge on any atom is 0.161 e. The maximum atomic E-state index is 8.58. The molecule has 0 aromatic heterocycles. The predicted molar refractivity (Wildman–Crippen MR) is 25.4 cm³/mol. The molecule has 0 amide bonds. The van der Waals surface area contributed by atoms with Gasteiger partial charge in [0, 0.05) is 6.42 Å². The molecule has 2 heteroatoms. The molecule has 1 aliphatic heterocycles.